The van der Waals surface area contributed by atoms with E-state index in [0.29, 0.717) is 12.2 Å². The molecule has 0 amide bonds. The molecular weight excluding hydrogens is 268 g/mol. The number of anilines is 1. The summed E-state index contributed by atoms with van der Waals surface area (Å²) >= 11 is 0. The first-order valence-corrected chi connectivity index (χ1v) is 7.82. The average Bonchev–Trinajstić information content (AvgIpc) is 2.39. The van der Waals surface area contributed by atoms with Gasteiger partial charge in [0.25, 0.3) is 5.69 Å². The summed E-state index contributed by atoms with van der Waals surface area (Å²) in [7, 11) is -3.49. The molecule has 1 rings (SSSR count). The maximum Gasteiger partial charge on any atom is 0.270 e. The predicted molar refractivity (Wildman–Crippen MR) is 74.2 cm³/mol. The lowest BCUT2D eigenvalue weighted by Gasteiger charge is -2.11. The predicted octanol–water partition coefficient (Wildman–Crippen LogP) is 2.60. The highest BCUT2D eigenvalue weighted by Gasteiger charge is 2.20. The van der Waals surface area contributed by atoms with Gasteiger partial charge in [0.1, 0.15) is 0 Å². The van der Waals surface area contributed by atoms with Gasteiger partial charge in [-0.3, -0.25) is 10.1 Å². The van der Waals surface area contributed by atoms with Crippen molar-refractivity contribution in [2.75, 3.05) is 17.6 Å². The summed E-state index contributed by atoms with van der Waals surface area (Å²) in [6, 6.07) is 3.88. The van der Waals surface area contributed by atoms with Crippen LogP contribution in [-0.2, 0) is 9.84 Å². The Morgan fingerprint density at radius 1 is 1.32 bits per heavy atom. The third-order valence-electron chi connectivity index (χ3n) is 2.74. The van der Waals surface area contributed by atoms with Gasteiger partial charge in [-0.1, -0.05) is 20.3 Å². The van der Waals surface area contributed by atoms with E-state index >= 15 is 0 Å². The Morgan fingerprint density at radius 3 is 2.53 bits per heavy atom. The minimum Gasteiger partial charge on any atom is -0.384 e. The number of rotatable bonds is 7. The van der Waals surface area contributed by atoms with Crippen molar-refractivity contribution in [2.45, 2.75) is 31.6 Å². The molecule has 1 N–H and O–H groups in total. The van der Waals surface area contributed by atoms with Crippen LogP contribution in [0.3, 0.4) is 0 Å². The molecule has 106 valence electrons. The van der Waals surface area contributed by atoms with E-state index in [9.17, 15) is 18.5 Å². The Morgan fingerprint density at radius 2 is 2.00 bits per heavy atom. The van der Waals surface area contributed by atoms with E-state index in [2.05, 4.69) is 5.32 Å². The fraction of sp³-hybridized carbons (Fsp3) is 0.500. The molecule has 0 bridgehead atoms. The lowest BCUT2D eigenvalue weighted by molar-refractivity contribution is -0.385. The van der Waals surface area contributed by atoms with Crippen molar-refractivity contribution >= 4 is 21.2 Å². The standard InChI is InChI=1S/C12H18N2O4S/c1-3-5-8-13-11-7-6-10(14(15)16)9-12(11)19(17,18)4-2/h6-7,9,13H,3-5,8H2,1-2H3. The Bertz CT molecular complexity index is 555. The molecular formula is C12H18N2O4S. The highest BCUT2D eigenvalue weighted by Crippen LogP contribution is 2.27. The number of hydrogen-bond acceptors (Lipinski definition) is 5. The van der Waals surface area contributed by atoms with E-state index in [1.165, 1.54) is 19.1 Å². The van der Waals surface area contributed by atoms with Crippen molar-refractivity contribution < 1.29 is 13.3 Å². The van der Waals surface area contributed by atoms with Crippen LogP contribution in [-0.4, -0.2) is 25.6 Å². The van der Waals surface area contributed by atoms with Crippen LogP contribution in [0, 0.1) is 10.1 Å². The number of nitrogens with zero attached hydrogens (tertiary/aromatic N) is 1. The van der Waals surface area contributed by atoms with Gasteiger partial charge in [0.05, 0.1) is 21.3 Å². The first-order chi connectivity index (χ1) is 8.92. The smallest absolute Gasteiger partial charge is 0.270 e. The number of unbranched alkanes of at least 4 members (excludes halogenated alkanes) is 1. The lowest BCUT2D eigenvalue weighted by atomic mass is 10.2. The van der Waals surface area contributed by atoms with Crippen LogP contribution in [0.1, 0.15) is 26.7 Å². The van der Waals surface area contributed by atoms with Crippen molar-refractivity contribution in [3.63, 3.8) is 0 Å². The second-order valence-electron chi connectivity index (χ2n) is 4.12. The minimum absolute atomic E-state index is 0.000281. The average molecular weight is 286 g/mol. The van der Waals surface area contributed by atoms with Gasteiger partial charge in [0.15, 0.2) is 9.84 Å². The molecule has 6 nitrogen and oxygen atoms in total. The monoisotopic (exact) mass is 286 g/mol. The van der Waals surface area contributed by atoms with Gasteiger partial charge in [-0.25, -0.2) is 8.42 Å². The zero-order valence-corrected chi connectivity index (χ0v) is 11.9. The first-order valence-electron chi connectivity index (χ1n) is 6.17. The molecule has 0 aliphatic heterocycles. The normalized spacial score (nSPS) is 11.3. The Kier molecular flexibility index (Phi) is 5.29. The number of nitrogens with one attached hydrogen (secondary N) is 1. The first kappa shape index (κ1) is 15.4. The third-order valence-corrected chi connectivity index (χ3v) is 4.50. The van der Waals surface area contributed by atoms with Crippen molar-refractivity contribution in [2.24, 2.45) is 0 Å². The van der Waals surface area contributed by atoms with E-state index in [1.807, 2.05) is 6.92 Å². The fourth-order valence-corrected chi connectivity index (χ4v) is 2.67. The summed E-state index contributed by atoms with van der Waals surface area (Å²) < 4.78 is 23.9. The topological polar surface area (TPSA) is 89.3 Å². The molecule has 19 heavy (non-hydrogen) atoms. The van der Waals surface area contributed by atoms with Gasteiger partial charge in [0.2, 0.25) is 0 Å². The molecule has 0 spiro atoms. The quantitative estimate of drug-likeness (QED) is 0.473. The maximum absolute atomic E-state index is 12.0. The molecule has 0 heterocycles. The van der Waals surface area contributed by atoms with Crippen LogP contribution in [0.25, 0.3) is 0 Å². The summed E-state index contributed by atoms with van der Waals surface area (Å²) in [6.45, 7) is 4.19. The Labute approximate surface area is 112 Å². The number of sulfone groups is 1. The van der Waals surface area contributed by atoms with E-state index < -0.39 is 14.8 Å². The minimum atomic E-state index is -3.49. The summed E-state index contributed by atoms with van der Waals surface area (Å²) in [4.78, 5) is 10.1. The van der Waals surface area contributed by atoms with Crippen LogP contribution in [0.15, 0.2) is 23.1 Å². The van der Waals surface area contributed by atoms with Crippen molar-refractivity contribution in [1.82, 2.24) is 0 Å². The summed E-state index contributed by atoms with van der Waals surface area (Å²) in [5, 5.41) is 13.7. The Hall–Kier alpha value is -1.63. The van der Waals surface area contributed by atoms with Gasteiger partial charge in [-0.15, -0.1) is 0 Å². The lowest BCUT2D eigenvalue weighted by Crippen LogP contribution is -2.10. The van der Waals surface area contributed by atoms with Crippen LogP contribution in [0.4, 0.5) is 11.4 Å². The molecule has 0 saturated heterocycles. The molecule has 0 fully saturated rings. The van der Waals surface area contributed by atoms with Crippen LogP contribution in [0.5, 0.6) is 0 Å². The van der Waals surface area contributed by atoms with E-state index in [4.69, 9.17) is 0 Å². The largest absolute Gasteiger partial charge is 0.384 e. The summed E-state index contributed by atoms with van der Waals surface area (Å²) in [6.07, 6.45) is 1.89. The molecule has 1 aromatic rings. The molecule has 0 unspecified atom stereocenters. The van der Waals surface area contributed by atoms with Crippen molar-refractivity contribution in [1.29, 1.82) is 0 Å². The zero-order chi connectivity index (χ0) is 14.5. The highest BCUT2D eigenvalue weighted by molar-refractivity contribution is 7.91. The number of nitro benzene ring substituents is 1. The van der Waals surface area contributed by atoms with Gasteiger partial charge in [-0.05, 0) is 12.5 Å². The molecule has 0 radical (unpaired) electrons. The van der Waals surface area contributed by atoms with Gasteiger partial charge >= 0.3 is 0 Å². The van der Waals surface area contributed by atoms with Gasteiger partial charge < -0.3 is 5.32 Å². The Balaban J connectivity index is 3.19. The van der Waals surface area contributed by atoms with Crippen LogP contribution < -0.4 is 5.32 Å². The summed E-state index contributed by atoms with van der Waals surface area (Å²) in [5.41, 5.74) is 0.217. The van der Waals surface area contributed by atoms with E-state index in [-0.39, 0.29) is 16.3 Å². The molecule has 0 aromatic heterocycles. The van der Waals surface area contributed by atoms with E-state index in [1.54, 1.807) is 0 Å². The molecule has 0 atom stereocenters. The van der Waals surface area contributed by atoms with Crippen molar-refractivity contribution in [3.05, 3.63) is 28.3 Å². The second-order valence-corrected chi connectivity index (χ2v) is 6.37. The molecule has 0 aliphatic carbocycles. The SMILES string of the molecule is CCCCNc1ccc([N+](=O)[O-])cc1S(=O)(=O)CC. The number of non-ortho nitro benzene ring substituents is 1. The summed E-state index contributed by atoms with van der Waals surface area (Å²) in [5.74, 6) is -0.0867. The van der Waals surface area contributed by atoms with E-state index in [0.717, 1.165) is 18.9 Å². The van der Waals surface area contributed by atoms with Crippen molar-refractivity contribution in [3.8, 4) is 0 Å². The molecule has 1 aromatic carbocycles. The van der Waals surface area contributed by atoms with Crippen LogP contribution >= 0.6 is 0 Å². The maximum atomic E-state index is 12.0. The fourth-order valence-electron chi connectivity index (χ4n) is 1.58. The second kappa shape index (κ2) is 6.51. The van der Waals surface area contributed by atoms with Gasteiger partial charge in [-0.2, -0.15) is 0 Å². The molecule has 0 aliphatic rings. The van der Waals surface area contributed by atoms with Crippen LogP contribution in [0.2, 0.25) is 0 Å². The number of nitro groups is 1. The number of benzene rings is 1. The highest BCUT2D eigenvalue weighted by atomic mass is 32.2. The molecule has 0 saturated carbocycles. The third kappa shape index (κ3) is 3.92. The zero-order valence-electron chi connectivity index (χ0n) is 11.0. The molecule has 7 heteroatoms. The van der Waals surface area contributed by atoms with Gasteiger partial charge in [0, 0.05) is 18.7 Å². The number of hydrogen-bond donors (Lipinski definition) is 1.